The molecular formula is C30H33NO7S2. The van der Waals surface area contributed by atoms with Crippen molar-refractivity contribution in [3.63, 3.8) is 0 Å². The Balaban J connectivity index is 1.78. The van der Waals surface area contributed by atoms with E-state index in [9.17, 15) is 18.0 Å². The number of nitrogens with one attached hydrogen (secondary N) is 1. The van der Waals surface area contributed by atoms with Crippen LogP contribution in [0, 0.1) is 12.8 Å². The summed E-state index contributed by atoms with van der Waals surface area (Å²) in [6, 6.07) is 12.1. The van der Waals surface area contributed by atoms with Crippen molar-refractivity contribution in [2.75, 3.05) is 12.4 Å². The van der Waals surface area contributed by atoms with Crippen LogP contribution in [0.2, 0.25) is 0 Å². The molecular weight excluding hydrogens is 550 g/mol. The summed E-state index contributed by atoms with van der Waals surface area (Å²) in [6.45, 7) is 11.1. The maximum Gasteiger partial charge on any atom is 0.373 e. The van der Waals surface area contributed by atoms with Crippen molar-refractivity contribution in [3.8, 4) is 22.6 Å². The molecule has 0 amide bonds. The van der Waals surface area contributed by atoms with Gasteiger partial charge in [-0.1, -0.05) is 26.0 Å². The van der Waals surface area contributed by atoms with Crippen LogP contribution in [0.25, 0.3) is 16.7 Å². The molecule has 10 heteroatoms. The van der Waals surface area contributed by atoms with Gasteiger partial charge < -0.3 is 19.0 Å². The molecule has 0 fully saturated rings. The number of benzene rings is 2. The molecule has 1 aliphatic rings. The quantitative estimate of drug-likeness (QED) is 0.234. The molecule has 0 saturated heterocycles. The Morgan fingerprint density at radius 3 is 2.35 bits per heavy atom. The SMILES string of the molecule is COc1cc(OS(=O)(=O)C(=O)C(C)C)ccc1-c1ccc2c(c1COC(=O)c1ccc(C)s1)C(C)=CC(C)(C)N2. The van der Waals surface area contributed by atoms with E-state index < -0.39 is 27.1 Å². The van der Waals surface area contributed by atoms with E-state index in [4.69, 9.17) is 13.7 Å². The summed E-state index contributed by atoms with van der Waals surface area (Å²) in [7, 11) is -3.00. The van der Waals surface area contributed by atoms with Crippen LogP contribution in [-0.4, -0.2) is 32.2 Å². The Labute approximate surface area is 239 Å². The number of fused-ring (bicyclic) bond motifs is 1. The first-order valence-corrected chi connectivity index (χ1v) is 15.0. The second kappa shape index (κ2) is 11.1. The predicted molar refractivity (Wildman–Crippen MR) is 157 cm³/mol. The molecule has 1 N–H and O–H groups in total. The molecule has 0 saturated carbocycles. The molecule has 0 aliphatic carbocycles. The zero-order chi connectivity index (χ0) is 29.4. The van der Waals surface area contributed by atoms with Crippen LogP contribution < -0.4 is 14.2 Å². The van der Waals surface area contributed by atoms with Crippen LogP contribution in [0.15, 0.2) is 48.5 Å². The first-order valence-electron chi connectivity index (χ1n) is 12.8. The lowest BCUT2D eigenvalue weighted by Gasteiger charge is -2.33. The summed E-state index contributed by atoms with van der Waals surface area (Å²) in [5.41, 5.74) is 4.73. The first-order chi connectivity index (χ1) is 18.7. The monoisotopic (exact) mass is 583 g/mol. The van der Waals surface area contributed by atoms with E-state index in [0.29, 0.717) is 16.2 Å². The third-order valence-electron chi connectivity index (χ3n) is 6.42. The van der Waals surface area contributed by atoms with E-state index in [0.717, 1.165) is 32.8 Å². The van der Waals surface area contributed by atoms with Gasteiger partial charge in [-0.25, -0.2) is 4.79 Å². The molecule has 3 aromatic rings. The predicted octanol–water partition coefficient (Wildman–Crippen LogP) is 6.59. The van der Waals surface area contributed by atoms with Crippen molar-refractivity contribution in [1.82, 2.24) is 0 Å². The van der Waals surface area contributed by atoms with Crippen molar-refractivity contribution in [2.24, 2.45) is 5.92 Å². The van der Waals surface area contributed by atoms with Crippen LogP contribution in [0.3, 0.4) is 0 Å². The number of hydrogen-bond acceptors (Lipinski definition) is 9. The summed E-state index contributed by atoms with van der Waals surface area (Å²) in [4.78, 5) is 26.5. The number of carbonyl (C=O) groups is 2. The fourth-order valence-corrected chi connectivity index (χ4v) is 6.53. The number of thiophene rings is 1. The number of esters is 1. The van der Waals surface area contributed by atoms with Crippen LogP contribution >= 0.6 is 11.3 Å². The highest BCUT2D eigenvalue weighted by Gasteiger charge is 2.29. The number of anilines is 1. The summed E-state index contributed by atoms with van der Waals surface area (Å²) >= 11 is 1.37. The highest BCUT2D eigenvalue weighted by molar-refractivity contribution is 8.02. The minimum absolute atomic E-state index is 0.000249. The third kappa shape index (κ3) is 6.08. The molecule has 1 aromatic heterocycles. The Morgan fingerprint density at radius 1 is 1.02 bits per heavy atom. The zero-order valence-corrected chi connectivity index (χ0v) is 25.2. The number of hydrogen-bond donors (Lipinski definition) is 1. The van der Waals surface area contributed by atoms with Crippen LogP contribution in [0.1, 0.15) is 60.3 Å². The minimum Gasteiger partial charge on any atom is -0.496 e. The van der Waals surface area contributed by atoms with Crippen LogP contribution in [0.4, 0.5) is 5.69 Å². The average molecular weight is 584 g/mol. The van der Waals surface area contributed by atoms with Gasteiger partial charge in [0.05, 0.1) is 12.6 Å². The van der Waals surface area contributed by atoms with Crippen LogP contribution in [0.5, 0.6) is 11.5 Å². The van der Waals surface area contributed by atoms with Gasteiger partial charge in [0.2, 0.25) is 0 Å². The van der Waals surface area contributed by atoms with Crippen molar-refractivity contribution in [1.29, 1.82) is 0 Å². The molecule has 0 radical (unpaired) electrons. The van der Waals surface area contributed by atoms with E-state index in [2.05, 4.69) is 25.2 Å². The molecule has 8 nitrogen and oxygen atoms in total. The van der Waals surface area contributed by atoms with Crippen molar-refractivity contribution in [3.05, 3.63) is 69.4 Å². The first kappa shape index (κ1) is 29.4. The molecule has 4 rings (SSSR count). The van der Waals surface area contributed by atoms with Crippen LogP contribution in [-0.2, 0) is 26.3 Å². The number of allylic oxidation sites excluding steroid dienone is 1. The minimum atomic E-state index is -4.46. The average Bonchev–Trinajstić information content (AvgIpc) is 3.31. The lowest BCUT2D eigenvalue weighted by Crippen LogP contribution is -2.32. The van der Waals surface area contributed by atoms with Gasteiger partial charge in [-0.15, -0.1) is 11.3 Å². The zero-order valence-electron chi connectivity index (χ0n) is 23.6. The number of methoxy groups -OCH3 is 1. The van der Waals surface area contributed by atoms with Crippen molar-refractivity contribution >= 4 is 43.8 Å². The van der Waals surface area contributed by atoms with E-state index >= 15 is 0 Å². The molecule has 0 unspecified atom stereocenters. The largest absolute Gasteiger partial charge is 0.496 e. The van der Waals surface area contributed by atoms with Gasteiger partial charge in [0.1, 0.15) is 23.0 Å². The molecule has 0 atom stereocenters. The molecule has 212 valence electrons. The number of aryl methyl sites for hydroxylation is 1. The Morgan fingerprint density at radius 2 is 1.73 bits per heavy atom. The maximum absolute atomic E-state index is 12.9. The molecule has 0 spiro atoms. The number of ether oxygens (including phenoxy) is 2. The van der Waals surface area contributed by atoms with Gasteiger partial charge >= 0.3 is 16.1 Å². The normalized spacial score (nSPS) is 14.2. The lowest BCUT2D eigenvalue weighted by atomic mass is 9.85. The van der Waals surface area contributed by atoms with Gasteiger partial charge in [-0.05, 0) is 69.2 Å². The summed E-state index contributed by atoms with van der Waals surface area (Å²) in [6.07, 6.45) is 2.12. The maximum atomic E-state index is 12.9. The topological polar surface area (TPSA) is 108 Å². The van der Waals surface area contributed by atoms with Gasteiger partial charge in [0.25, 0.3) is 5.12 Å². The number of rotatable bonds is 8. The number of carbonyl (C=O) groups excluding carboxylic acids is 2. The fraction of sp³-hybridized carbons (Fsp3) is 0.333. The lowest BCUT2D eigenvalue weighted by molar-refractivity contribution is -0.114. The fourth-order valence-electron chi connectivity index (χ4n) is 4.76. The standard InChI is InChI=1S/C30H33NO7S2/c1-17(2)29(33)40(34,35)38-20-9-10-22(25(14-20)36-7)21-11-12-24-27(18(3)15-30(5,6)31-24)23(21)16-37-28(32)26-13-8-19(4)39-26/h8-15,17,31H,16H2,1-7H3. The van der Waals surface area contributed by atoms with Crippen molar-refractivity contribution < 1.29 is 31.7 Å². The molecule has 2 aromatic carbocycles. The molecule has 0 bridgehead atoms. The summed E-state index contributed by atoms with van der Waals surface area (Å²) in [5.74, 6) is -0.868. The second-order valence-electron chi connectivity index (χ2n) is 10.5. The third-order valence-corrected chi connectivity index (χ3v) is 8.77. The van der Waals surface area contributed by atoms with Gasteiger partial charge in [-0.3, -0.25) is 4.79 Å². The highest BCUT2D eigenvalue weighted by Crippen LogP contribution is 2.43. The second-order valence-corrected chi connectivity index (χ2v) is 13.3. The Bertz CT molecular complexity index is 1610. The molecule has 2 heterocycles. The van der Waals surface area contributed by atoms with Gasteiger partial charge in [0, 0.05) is 39.2 Å². The van der Waals surface area contributed by atoms with E-state index in [1.54, 1.807) is 12.1 Å². The van der Waals surface area contributed by atoms with E-state index in [1.807, 2.05) is 32.0 Å². The highest BCUT2D eigenvalue weighted by atomic mass is 32.2. The van der Waals surface area contributed by atoms with Gasteiger partial charge in [0.15, 0.2) is 0 Å². The smallest absolute Gasteiger partial charge is 0.373 e. The van der Waals surface area contributed by atoms with Gasteiger partial charge in [-0.2, -0.15) is 8.42 Å². The summed E-state index contributed by atoms with van der Waals surface area (Å²) in [5, 5.41) is 2.52. The Hall–Kier alpha value is -3.63. The van der Waals surface area contributed by atoms with E-state index in [1.165, 1.54) is 44.4 Å². The summed E-state index contributed by atoms with van der Waals surface area (Å²) < 4.78 is 41.3. The Kier molecular flexibility index (Phi) is 8.14. The van der Waals surface area contributed by atoms with Crippen molar-refractivity contribution in [2.45, 2.75) is 53.7 Å². The van der Waals surface area contributed by atoms with E-state index in [-0.39, 0.29) is 17.9 Å². The molecule has 1 aliphatic heterocycles. The molecule has 40 heavy (non-hydrogen) atoms.